The van der Waals surface area contributed by atoms with Gasteiger partial charge in [0, 0.05) is 5.69 Å². The van der Waals surface area contributed by atoms with Gasteiger partial charge in [0.2, 0.25) is 0 Å². The van der Waals surface area contributed by atoms with Crippen LogP contribution in [-0.4, -0.2) is 18.7 Å². The van der Waals surface area contributed by atoms with Gasteiger partial charge in [-0.25, -0.2) is 4.79 Å². The SMILES string of the molecule is CCCCCCC1CN(c2ccc(C)cc2)C(=O)O1. The van der Waals surface area contributed by atoms with Crippen LogP contribution in [0.1, 0.15) is 44.6 Å². The normalized spacial score (nSPS) is 18.7. The molecule has 0 spiro atoms. The van der Waals surface area contributed by atoms with Gasteiger partial charge in [0.15, 0.2) is 0 Å². The largest absolute Gasteiger partial charge is 0.444 e. The molecule has 1 saturated heterocycles. The fourth-order valence-electron chi connectivity index (χ4n) is 2.41. The summed E-state index contributed by atoms with van der Waals surface area (Å²) in [5.74, 6) is 0. The Bertz CT molecular complexity index is 413. The molecule has 104 valence electrons. The number of ether oxygens (including phenoxy) is 1. The number of amides is 1. The minimum Gasteiger partial charge on any atom is -0.444 e. The molecule has 1 aliphatic heterocycles. The van der Waals surface area contributed by atoms with Crippen LogP contribution in [0.5, 0.6) is 0 Å². The maximum absolute atomic E-state index is 11.9. The van der Waals surface area contributed by atoms with Crippen LogP contribution in [0.25, 0.3) is 0 Å². The first kappa shape index (κ1) is 13.9. The number of nitrogens with zero attached hydrogens (tertiary/aromatic N) is 1. The van der Waals surface area contributed by atoms with Crippen molar-refractivity contribution in [3.63, 3.8) is 0 Å². The summed E-state index contributed by atoms with van der Waals surface area (Å²) >= 11 is 0. The maximum Gasteiger partial charge on any atom is 0.414 e. The lowest BCUT2D eigenvalue weighted by Crippen LogP contribution is -2.24. The highest BCUT2D eigenvalue weighted by atomic mass is 16.6. The van der Waals surface area contributed by atoms with Crippen LogP contribution in [0.15, 0.2) is 24.3 Å². The zero-order valence-corrected chi connectivity index (χ0v) is 11.9. The number of carbonyl (C=O) groups excluding carboxylic acids is 1. The average molecular weight is 261 g/mol. The van der Waals surface area contributed by atoms with Gasteiger partial charge < -0.3 is 4.74 Å². The van der Waals surface area contributed by atoms with E-state index in [0.29, 0.717) is 6.54 Å². The Morgan fingerprint density at radius 2 is 1.95 bits per heavy atom. The number of rotatable bonds is 6. The molecule has 1 atom stereocenters. The Morgan fingerprint density at radius 3 is 2.63 bits per heavy atom. The van der Waals surface area contributed by atoms with Gasteiger partial charge in [0.05, 0.1) is 6.54 Å². The fraction of sp³-hybridized carbons (Fsp3) is 0.562. The van der Waals surface area contributed by atoms with E-state index in [2.05, 4.69) is 6.92 Å². The van der Waals surface area contributed by atoms with Crippen LogP contribution < -0.4 is 4.90 Å². The summed E-state index contributed by atoms with van der Waals surface area (Å²) in [6.07, 6.45) is 5.72. The van der Waals surface area contributed by atoms with E-state index in [1.807, 2.05) is 31.2 Å². The van der Waals surface area contributed by atoms with E-state index in [0.717, 1.165) is 18.5 Å². The number of hydrogen-bond donors (Lipinski definition) is 0. The Labute approximate surface area is 115 Å². The van der Waals surface area contributed by atoms with Crippen LogP contribution in [-0.2, 0) is 4.74 Å². The molecule has 1 aliphatic rings. The second-order valence-corrected chi connectivity index (χ2v) is 5.30. The van der Waals surface area contributed by atoms with Crippen LogP contribution in [0.3, 0.4) is 0 Å². The molecule has 0 aromatic heterocycles. The van der Waals surface area contributed by atoms with E-state index in [9.17, 15) is 4.79 Å². The van der Waals surface area contributed by atoms with Crippen LogP contribution in [0.4, 0.5) is 10.5 Å². The minimum atomic E-state index is -0.204. The molecular formula is C16H23NO2. The molecule has 1 heterocycles. The maximum atomic E-state index is 11.9. The Kier molecular flexibility index (Phi) is 4.83. The summed E-state index contributed by atoms with van der Waals surface area (Å²) in [5, 5.41) is 0. The Balaban J connectivity index is 1.87. The second-order valence-electron chi connectivity index (χ2n) is 5.30. The molecule has 0 N–H and O–H groups in total. The van der Waals surface area contributed by atoms with Gasteiger partial charge in [-0.1, -0.05) is 43.9 Å². The number of aryl methyl sites for hydroxylation is 1. The van der Waals surface area contributed by atoms with Gasteiger partial charge in [0.25, 0.3) is 0 Å². The topological polar surface area (TPSA) is 29.5 Å². The summed E-state index contributed by atoms with van der Waals surface area (Å²) in [6, 6.07) is 8.01. The standard InChI is InChI=1S/C16H23NO2/c1-3-4-5-6-7-15-12-17(16(18)19-15)14-10-8-13(2)9-11-14/h8-11,15H,3-7,12H2,1-2H3. The minimum absolute atomic E-state index is 0.0608. The van der Waals surface area contributed by atoms with E-state index in [-0.39, 0.29) is 12.2 Å². The number of cyclic esters (lactones) is 1. The van der Waals surface area contributed by atoms with Crippen molar-refractivity contribution in [2.24, 2.45) is 0 Å². The van der Waals surface area contributed by atoms with Crippen LogP contribution in [0, 0.1) is 6.92 Å². The van der Waals surface area contributed by atoms with E-state index in [1.165, 1.54) is 24.8 Å². The first-order chi connectivity index (χ1) is 9.20. The highest BCUT2D eigenvalue weighted by Crippen LogP contribution is 2.24. The smallest absolute Gasteiger partial charge is 0.414 e. The average Bonchev–Trinajstić information content (AvgIpc) is 2.77. The van der Waals surface area contributed by atoms with E-state index in [4.69, 9.17) is 4.74 Å². The third-order valence-corrected chi connectivity index (χ3v) is 3.60. The molecule has 1 fully saturated rings. The predicted molar refractivity (Wildman–Crippen MR) is 77.6 cm³/mol. The van der Waals surface area contributed by atoms with Crippen molar-refractivity contribution in [3.05, 3.63) is 29.8 Å². The second kappa shape index (κ2) is 6.60. The van der Waals surface area contributed by atoms with Gasteiger partial charge in [-0.15, -0.1) is 0 Å². The molecule has 1 aromatic rings. The van der Waals surface area contributed by atoms with E-state index < -0.39 is 0 Å². The zero-order chi connectivity index (χ0) is 13.7. The number of unbranched alkanes of at least 4 members (excludes halogenated alkanes) is 3. The first-order valence-corrected chi connectivity index (χ1v) is 7.25. The molecule has 0 bridgehead atoms. The molecule has 3 nitrogen and oxygen atoms in total. The molecular weight excluding hydrogens is 238 g/mol. The lowest BCUT2D eigenvalue weighted by molar-refractivity contribution is 0.135. The van der Waals surface area contributed by atoms with Gasteiger partial charge >= 0.3 is 6.09 Å². The number of hydrogen-bond acceptors (Lipinski definition) is 2. The Morgan fingerprint density at radius 1 is 1.21 bits per heavy atom. The highest BCUT2D eigenvalue weighted by molar-refractivity contribution is 5.89. The summed E-state index contributed by atoms with van der Waals surface area (Å²) in [5.41, 5.74) is 2.14. The lowest BCUT2D eigenvalue weighted by atomic mass is 10.1. The first-order valence-electron chi connectivity index (χ1n) is 7.25. The molecule has 0 radical (unpaired) electrons. The molecule has 3 heteroatoms. The van der Waals surface area contributed by atoms with Crippen molar-refractivity contribution in [1.82, 2.24) is 0 Å². The number of anilines is 1. The number of carbonyl (C=O) groups is 1. The predicted octanol–water partition coefficient (Wildman–Crippen LogP) is 4.29. The molecule has 0 aliphatic carbocycles. The van der Waals surface area contributed by atoms with Crippen molar-refractivity contribution in [1.29, 1.82) is 0 Å². The van der Waals surface area contributed by atoms with Crippen molar-refractivity contribution in [2.75, 3.05) is 11.4 Å². The third-order valence-electron chi connectivity index (χ3n) is 3.60. The Hall–Kier alpha value is -1.51. The van der Waals surface area contributed by atoms with Crippen molar-refractivity contribution < 1.29 is 9.53 Å². The monoisotopic (exact) mass is 261 g/mol. The van der Waals surface area contributed by atoms with Crippen molar-refractivity contribution in [3.8, 4) is 0 Å². The van der Waals surface area contributed by atoms with Crippen LogP contribution >= 0.6 is 0 Å². The lowest BCUT2D eigenvalue weighted by Gasteiger charge is -2.13. The molecule has 2 rings (SSSR count). The zero-order valence-electron chi connectivity index (χ0n) is 11.9. The highest BCUT2D eigenvalue weighted by Gasteiger charge is 2.31. The van der Waals surface area contributed by atoms with Crippen LogP contribution in [0.2, 0.25) is 0 Å². The van der Waals surface area contributed by atoms with Crippen molar-refractivity contribution in [2.45, 2.75) is 52.1 Å². The molecule has 1 unspecified atom stereocenters. The molecule has 1 aromatic carbocycles. The van der Waals surface area contributed by atoms with Gasteiger partial charge in [-0.3, -0.25) is 4.90 Å². The molecule has 0 saturated carbocycles. The van der Waals surface area contributed by atoms with Gasteiger partial charge in [-0.05, 0) is 31.9 Å². The van der Waals surface area contributed by atoms with E-state index in [1.54, 1.807) is 4.90 Å². The van der Waals surface area contributed by atoms with E-state index >= 15 is 0 Å². The van der Waals surface area contributed by atoms with Gasteiger partial charge in [-0.2, -0.15) is 0 Å². The summed E-state index contributed by atoms with van der Waals surface area (Å²) in [4.78, 5) is 13.6. The molecule has 19 heavy (non-hydrogen) atoms. The summed E-state index contributed by atoms with van der Waals surface area (Å²) in [7, 11) is 0. The van der Waals surface area contributed by atoms with Gasteiger partial charge in [0.1, 0.15) is 6.10 Å². The third kappa shape index (κ3) is 3.72. The summed E-state index contributed by atoms with van der Waals surface area (Å²) in [6.45, 7) is 4.94. The quantitative estimate of drug-likeness (QED) is 0.715. The summed E-state index contributed by atoms with van der Waals surface area (Å²) < 4.78 is 5.43. The number of benzene rings is 1. The van der Waals surface area contributed by atoms with Crippen molar-refractivity contribution >= 4 is 11.8 Å². The fourth-order valence-corrected chi connectivity index (χ4v) is 2.41. The molecule has 1 amide bonds.